The number of methoxy groups -OCH3 is 1. The summed E-state index contributed by atoms with van der Waals surface area (Å²) in [4.78, 5) is 12.6. The van der Waals surface area contributed by atoms with E-state index in [0.29, 0.717) is 30.4 Å². The fraction of sp³-hybridized carbons (Fsp3) is 0.650. The average Bonchev–Trinajstić information content (AvgIpc) is 3.24. The lowest BCUT2D eigenvalue weighted by molar-refractivity contribution is -0.129. The van der Waals surface area contributed by atoms with Crippen molar-refractivity contribution in [3.05, 3.63) is 29.8 Å². The maximum absolute atomic E-state index is 12.6. The highest BCUT2D eigenvalue weighted by atomic mass is 16.5. The van der Waals surface area contributed by atoms with E-state index in [4.69, 9.17) is 9.47 Å². The maximum atomic E-state index is 12.6. The molecule has 0 aromatic heterocycles. The second-order valence-corrected chi connectivity index (χ2v) is 7.53. The summed E-state index contributed by atoms with van der Waals surface area (Å²) in [5.41, 5.74) is 1.00. The number of benzene rings is 1. The average molecular weight is 329 g/mol. The lowest BCUT2D eigenvalue weighted by atomic mass is 9.61. The van der Waals surface area contributed by atoms with Crippen LogP contribution >= 0.6 is 0 Å². The molecule has 0 unspecified atom stereocenters. The first kappa shape index (κ1) is 15.9. The Bertz CT molecular complexity index is 592. The zero-order valence-electron chi connectivity index (χ0n) is 14.4. The standard InChI is InChI=1S/C20H27NO3/c1-23-15-8-4-5-13(11-15)12-17(22)21-19-16-9-10-24-20(16)18(19)14-6-2-3-7-14/h4-5,8,11,14,16,18-20H,2-3,6-7,9-10,12H2,1H3,(H,21,22)/t16-,18+,19-,20-/m0/s1. The molecule has 1 heterocycles. The molecule has 2 saturated carbocycles. The minimum absolute atomic E-state index is 0.126. The number of amides is 1. The van der Waals surface area contributed by atoms with Crippen molar-refractivity contribution in [1.29, 1.82) is 0 Å². The fourth-order valence-electron chi connectivity index (χ4n) is 5.06. The SMILES string of the molecule is COc1cccc(CC(=O)N[C@H]2[C@@H]3CCO[C@@H]3[C@@H]2C2CCCC2)c1. The van der Waals surface area contributed by atoms with Crippen molar-refractivity contribution >= 4 is 5.91 Å². The Kier molecular flexibility index (Phi) is 4.49. The van der Waals surface area contributed by atoms with Crippen LogP contribution in [0.5, 0.6) is 5.75 Å². The van der Waals surface area contributed by atoms with Gasteiger partial charge in [-0.2, -0.15) is 0 Å². The Morgan fingerprint density at radius 3 is 2.92 bits per heavy atom. The van der Waals surface area contributed by atoms with E-state index >= 15 is 0 Å². The molecule has 4 rings (SSSR count). The molecule has 0 radical (unpaired) electrons. The Hall–Kier alpha value is -1.55. The van der Waals surface area contributed by atoms with Crippen LogP contribution in [-0.4, -0.2) is 31.8 Å². The lowest BCUT2D eigenvalue weighted by Crippen LogP contribution is -2.63. The molecule has 24 heavy (non-hydrogen) atoms. The van der Waals surface area contributed by atoms with Crippen LogP contribution in [-0.2, 0) is 16.0 Å². The van der Waals surface area contributed by atoms with Crippen LogP contribution < -0.4 is 10.1 Å². The van der Waals surface area contributed by atoms with Crippen LogP contribution in [0.2, 0.25) is 0 Å². The minimum atomic E-state index is 0.126. The van der Waals surface area contributed by atoms with Gasteiger partial charge in [-0.3, -0.25) is 4.79 Å². The Morgan fingerprint density at radius 1 is 1.29 bits per heavy atom. The first-order valence-electron chi connectivity index (χ1n) is 9.30. The predicted molar refractivity (Wildman–Crippen MR) is 91.9 cm³/mol. The van der Waals surface area contributed by atoms with Crippen molar-refractivity contribution in [2.75, 3.05) is 13.7 Å². The Morgan fingerprint density at radius 2 is 2.12 bits per heavy atom. The van der Waals surface area contributed by atoms with Gasteiger partial charge in [0.2, 0.25) is 5.91 Å². The number of ether oxygens (including phenoxy) is 2. The van der Waals surface area contributed by atoms with E-state index < -0.39 is 0 Å². The summed E-state index contributed by atoms with van der Waals surface area (Å²) in [5.74, 6) is 2.74. The Labute approximate surface area is 143 Å². The minimum Gasteiger partial charge on any atom is -0.497 e. The van der Waals surface area contributed by atoms with Crippen LogP contribution in [0.25, 0.3) is 0 Å². The molecule has 0 bridgehead atoms. The van der Waals surface area contributed by atoms with Crippen molar-refractivity contribution in [3.8, 4) is 5.75 Å². The number of fused-ring (bicyclic) bond motifs is 1. The molecule has 4 atom stereocenters. The molecule has 4 nitrogen and oxygen atoms in total. The number of nitrogens with one attached hydrogen (secondary N) is 1. The van der Waals surface area contributed by atoms with Gasteiger partial charge in [-0.15, -0.1) is 0 Å². The van der Waals surface area contributed by atoms with E-state index in [1.807, 2.05) is 24.3 Å². The molecule has 1 N–H and O–H groups in total. The second-order valence-electron chi connectivity index (χ2n) is 7.53. The summed E-state index contributed by atoms with van der Waals surface area (Å²) in [6, 6.07) is 8.09. The van der Waals surface area contributed by atoms with Crippen molar-refractivity contribution in [1.82, 2.24) is 5.32 Å². The molecule has 130 valence electrons. The highest BCUT2D eigenvalue weighted by Gasteiger charge is 2.56. The van der Waals surface area contributed by atoms with E-state index in [1.54, 1.807) is 7.11 Å². The van der Waals surface area contributed by atoms with E-state index in [2.05, 4.69) is 5.32 Å². The normalized spacial score (nSPS) is 32.2. The van der Waals surface area contributed by atoms with Gasteiger partial charge < -0.3 is 14.8 Å². The van der Waals surface area contributed by atoms with Crippen molar-refractivity contribution in [3.63, 3.8) is 0 Å². The van der Waals surface area contributed by atoms with Gasteiger partial charge in [-0.1, -0.05) is 37.8 Å². The quantitative estimate of drug-likeness (QED) is 0.903. The van der Waals surface area contributed by atoms with Crippen LogP contribution in [0.3, 0.4) is 0 Å². The molecule has 3 aliphatic rings. The van der Waals surface area contributed by atoms with Crippen molar-refractivity contribution < 1.29 is 14.3 Å². The third-order valence-corrected chi connectivity index (χ3v) is 6.21. The van der Waals surface area contributed by atoms with Crippen molar-refractivity contribution in [2.24, 2.45) is 17.8 Å². The molecule has 3 fully saturated rings. The molecular weight excluding hydrogens is 302 g/mol. The number of carbonyl (C=O) groups is 1. The molecule has 1 aromatic carbocycles. The summed E-state index contributed by atoms with van der Waals surface area (Å²) in [6.45, 7) is 0.862. The topological polar surface area (TPSA) is 47.6 Å². The van der Waals surface area contributed by atoms with Gasteiger partial charge in [-0.25, -0.2) is 0 Å². The Balaban J connectivity index is 1.40. The number of rotatable bonds is 5. The van der Waals surface area contributed by atoms with Crippen LogP contribution in [0.15, 0.2) is 24.3 Å². The summed E-state index contributed by atoms with van der Waals surface area (Å²) in [6.07, 6.45) is 7.20. The van der Waals surface area contributed by atoms with Crippen LogP contribution in [0.4, 0.5) is 0 Å². The number of carbonyl (C=O) groups excluding carboxylic acids is 1. The van der Waals surface area contributed by atoms with E-state index in [0.717, 1.165) is 30.3 Å². The molecule has 1 saturated heterocycles. The lowest BCUT2D eigenvalue weighted by Gasteiger charge is -2.50. The molecule has 1 amide bonds. The zero-order valence-corrected chi connectivity index (χ0v) is 14.4. The van der Waals surface area contributed by atoms with Gasteiger partial charge in [0.1, 0.15) is 5.75 Å². The maximum Gasteiger partial charge on any atom is 0.224 e. The highest BCUT2D eigenvalue weighted by Crippen LogP contribution is 2.51. The van der Waals surface area contributed by atoms with Crippen LogP contribution in [0, 0.1) is 17.8 Å². The first-order valence-corrected chi connectivity index (χ1v) is 9.30. The summed E-state index contributed by atoms with van der Waals surface area (Å²) in [5, 5.41) is 3.34. The van der Waals surface area contributed by atoms with E-state index in [9.17, 15) is 4.79 Å². The molecule has 1 aliphatic heterocycles. The largest absolute Gasteiger partial charge is 0.497 e. The van der Waals surface area contributed by atoms with Crippen LogP contribution in [0.1, 0.15) is 37.7 Å². The van der Waals surface area contributed by atoms with Gasteiger partial charge in [0.25, 0.3) is 0 Å². The monoisotopic (exact) mass is 329 g/mol. The molecular formula is C20H27NO3. The number of hydrogen-bond donors (Lipinski definition) is 1. The summed E-state index contributed by atoms with van der Waals surface area (Å²) >= 11 is 0. The van der Waals surface area contributed by atoms with E-state index in [-0.39, 0.29) is 5.91 Å². The third kappa shape index (κ3) is 2.92. The summed E-state index contributed by atoms with van der Waals surface area (Å²) < 4.78 is 11.2. The highest BCUT2D eigenvalue weighted by molar-refractivity contribution is 5.79. The van der Waals surface area contributed by atoms with E-state index in [1.165, 1.54) is 25.7 Å². The van der Waals surface area contributed by atoms with Gasteiger partial charge in [-0.05, 0) is 30.0 Å². The fourth-order valence-corrected chi connectivity index (χ4v) is 5.06. The number of hydrogen-bond acceptors (Lipinski definition) is 3. The van der Waals surface area contributed by atoms with Crippen molar-refractivity contribution in [2.45, 2.75) is 50.7 Å². The first-order chi connectivity index (χ1) is 11.8. The van der Waals surface area contributed by atoms with Gasteiger partial charge in [0.15, 0.2) is 0 Å². The van der Waals surface area contributed by atoms with Gasteiger partial charge >= 0.3 is 0 Å². The molecule has 1 aromatic rings. The molecule has 0 spiro atoms. The van der Waals surface area contributed by atoms with Gasteiger partial charge in [0, 0.05) is 24.5 Å². The predicted octanol–water partition coefficient (Wildman–Crippen LogP) is 2.95. The third-order valence-electron chi connectivity index (χ3n) is 6.21. The molecule has 4 heteroatoms. The summed E-state index contributed by atoms with van der Waals surface area (Å²) in [7, 11) is 1.65. The van der Waals surface area contributed by atoms with Gasteiger partial charge in [0.05, 0.1) is 19.6 Å². The smallest absolute Gasteiger partial charge is 0.224 e. The molecule has 2 aliphatic carbocycles. The second kappa shape index (κ2) is 6.75. The zero-order chi connectivity index (χ0) is 16.5.